The minimum absolute atomic E-state index is 0.401. The molecule has 0 aromatic heterocycles. The Labute approximate surface area is 91.5 Å². The lowest BCUT2D eigenvalue weighted by atomic mass is 9.84. The molecule has 15 heavy (non-hydrogen) atoms. The van der Waals surface area contributed by atoms with Crippen LogP contribution in [0.25, 0.3) is 0 Å². The van der Waals surface area contributed by atoms with Gasteiger partial charge in [0.1, 0.15) is 5.54 Å². The van der Waals surface area contributed by atoms with Crippen molar-refractivity contribution in [3.8, 4) is 0 Å². The first-order chi connectivity index (χ1) is 7.09. The molecule has 1 unspecified atom stereocenters. The van der Waals surface area contributed by atoms with Gasteiger partial charge in [0.2, 0.25) is 0 Å². The highest BCUT2D eigenvalue weighted by Gasteiger charge is 2.54. The van der Waals surface area contributed by atoms with Crippen molar-refractivity contribution in [1.82, 2.24) is 4.90 Å². The molecule has 1 saturated carbocycles. The first kappa shape index (κ1) is 10.9. The van der Waals surface area contributed by atoms with Crippen LogP contribution in [0.4, 0.5) is 0 Å². The third kappa shape index (κ3) is 1.78. The monoisotopic (exact) mass is 211 g/mol. The quantitative estimate of drug-likeness (QED) is 0.756. The van der Waals surface area contributed by atoms with E-state index in [4.69, 9.17) is 0 Å². The molecule has 0 spiro atoms. The molecule has 3 nitrogen and oxygen atoms in total. The Morgan fingerprint density at radius 2 is 2.07 bits per heavy atom. The second-order valence-electron chi connectivity index (χ2n) is 5.29. The van der Waals surface area contributed by atoms with Crippen LogP contribution in [0.1, 0.15) is 39.5 Å². The van der Waals surface area contributed by atoms with Gasteiger partial charge < -0.3 is 5.11 Å². The molecular formula is C12H21NO2. The van der Waals surface area contributed by atoms with Gasteiger partial charge in [-0.1, -0.05) is 13.3 Å². The van der Waals surface area contributed by atoms with Gasteiger partial charge in [-0.15, -0.1) is 0 Å². The van der Waals surface area contributed by atoms with E-state index in [0.29, 0.717) is 5.92 Å². The zero-order valence-corrected chi connectivity index (χ0v) is 9.70. The fraction of sp³-hybridized carbons (Fsp3) is 0.917. The number of carboxylic acid groups (broad SMARTS) is 1. The van der Waals surface area contributed by atoms with Gasteiger partial charge in [-0.25, -0.2) is 0 Å². The number of carboxylic acids is 1. The molecule has 2 fully saturated rings. The minimum atomic E-state index is -0.625. The van der Waals surface area contributed by atoms with E-state index in [2.05, 4.69) is 11.8 Å². The third-order valence-electron chi connectivity index (χ3n) is 4.12. The molecule has 0 aromatic rings. The third-order valence-corrected chi connectivity index (χ3v) is 4.12. The fourth-order valence-corrected chi connectivity index (χ4v) is 2.75. The van der Waals surface area contributed by atoms with Crippen molar-refractivity contribution in [2.45, 2.75) is 45.1 Å². The van der Waals surface area contributed by atoms with Crippen LogP contribution in [0.2, 0.25) is 0 Å². The van der Waals surface area contributed by atoms with Crippen molar-refractivity contribution in [2.24, 2.45) is 11.8 Å². The number of rotatable bonds is 5. The van der Waals surface area contributed by atoms with Crippen LogP contribution < -0.4 is 0 Å². The summed E-state index contributed by atoms with van der Waals surface area (Å²) in [7, 11) is 0. The Morgan fingerprint density at radius 3 is 2.47 bits per heavy atom. The molecule has 1 saturated heterocycles. The highest BCUT2D eigenvalue weighted by molar-refractivity contribution is 5.79. The highest BCUT2D eigenvalue weighted by Crippen LogP contribution is 2.45. The van der Waals surface area contributed by atoms with Gasteiger partial charge in [0, 0.05) is 13.1 Å². The normalized spacial score (nSPS) is 27.1. The molecule has 2 aliphatic rings. The molecule has 1 N–H and O–H groups in total. The molecule has 3 heteroatoms. The zero-order chi connectivity index (χ0) is 11.1. The van der Waals surface area contributed by atoms with E-state index in [9.17, 15) is 9.90 Å². The predicted octanol–water partition coefficient (Wildman–Crippen LogP) is 1.97. The summed E-state index contributed by atoms with van der Waals surface area (Å²) >= 11 is 0. The van der Waals surface area contributed by atoms with E-state index in [1.54, 1.807) is 0 Å². The van der Waals surface area contributed by atoms with Crippen LogP contribution in [-0.2, 0) is 4.79 Å². The Morgan fingerprint density at radius 1 is 1.47 bits per heavy atom. The summed E-state index contributed by atoms with van der Waals surface area (Å²) in [5.41, 5.74) is -0.565. The van der Waals surface area contributed by atoms with Gasteiger partial charge in [0.15, 0.2) is 0 Å². The number of likely N-dealkylation sites (tertiary alicyclic amines) is 1. The average molecular weight is 211 g/mol. The van der Waals surface area contributed by atoms with Crippen molar-refractivity contribution in [2.75, 3.05) is 13.1 Å². The Hall–Kier alpha value is -0.570. The standard InChI is InChI=1S/C12H21NO2/c1-3-4-9-7-13(8-9)12(2,11(14)15)10-5-6-10/h9-10H,3-8H2,1-2H3,(H,14,15). The first-order valence-electron chi connectivity index (χ1n) is 6.07. The topological polar surface area (TPSA) is 40.5 Å². The van der Waals surface area contributed by atoms with Crippen molar-refractivity contribution in [3.05, 3.63) is 0 Å². The van der Waals surface area contributed by atoms with Crippen LogP contribution in [0, 0.1) is 11.8 Å². The lowest BCUT2D eigenvalue weighted by Crippen LogP contribution is -2.63. The van der Waals surface area contributed by atoms with Crippen molar-refractivity contribution >= 4 is 5.97 Å². The molecule has 0 aromatic carbocycles. The summed E-state index contributed by atoms with van der Waals surface area (Å²) in [6.07, 6.45) is 4.65. The summed E-state index contributed by atoms with van der Waals surface area (Å²) in [5, 5.41) is 9.35. The predicted molar refractivity (Wildman–Crippen MR) is 58.7 cm³/mol. The summed E-state index contributed by atoms with van der Waals surface area (Å²) in [6.45, 7) is 6.09. The van der Waals surface area contributed by atoms with Gasteiger partial charge in [-0.05, 0) is 38.0 Å². The molecule has 1 aliphatic heterocycles. The van der Waals surface area contributed by atoms with Crippen LogP contribution >= 0.6 is 0 Å². The summed E-state index contributed by atoms with van der Waals surface area (Å²) < 4.78 is 0. The lowest BCUT2D eigenvalue weighted by molar-refractivity contribution is -0.158. The number of carbonyl (C=O) groups is 1. The van der Waals surface area contributed by atoms with E-state index in [1.165, 1.54) is 12.8 Å². The van der Waals surface area contributed by atoms with Gasteiger partial charge in [-0.3, -0.25) is 9.69 Å². The SMILES string of the molecule is CCCC1CN(C(C)(C(=O)O)C2CC2)C1. The second kappa shape index (κ2) is 3.78. The number of hydrogen-bond acceptors (Lipinski definition) is 2. The van der Waals surface area contributed by atoms with Crippen LogP contribution in [0.3, 0.4) is 0 Å². The Kier molecular flexibility index (Phi) is 2.75. The smallest absolute Gasteiger partial charge is 0.324 e. The minimum Gasteiger partial charge on any atom is -0.480 e. The number of aliphatic carboxylic acids is 1. The molecule has 0 radical (unpaired) electrons. The molecular weight excluding hydrogens is 190 g/mol. The van der Waals surface area contributed by atoms with Gasteiger partial charge in [0.05, 0.1) is 0 Å². The number of hydrogen-bond donors (Lipinski definition) is 1. The fourth-order valence-electron chi connectivity index (χ4n) is 2.75. The lowest BCUT2D eigenvalue weighted by Gasteiger charge is -2.49. The van der Waals surface area contributed by atoms with E-state index in [1.807, 2.05) is 6.92 Å². The molecule has 0 bridgehead atoms. The molecule has 1 atom stereocenters. The first-order valence-corrected chi connectivity index (χ1v) is 6.07. The summed E-state index contributed by atoms with van der Waals surface area (Å²) in [4.78, 5) is 13.5. The Balaban J connectivity index is 1.94. The van der Waals surface area contributed by atoms with E-state index >= 15 is 0 Å². The maximum absolute atomic E-state index is 11.4. The van der Waals surface area contributed by atoms with Crippen LogP contribution in [0.15, 0.2) is 0 Å². The van der Waals surface area contributed by atoms with Gasteiger partial charge >= 0.3 is 5.97 Å². The maximum atomic E-state index is 11.4. The van der Waals surface area contributed by atoms with E-state index in [0.717, 1.165) is 31.8 Å². The Bertz CT molecular complexity index is 256. The summed E-state index contributed by atoms with van der Waals surface area (Å²) in [6, 6.07) is 0. The van der Waals surface area contributed by atoms with Crippen molar-refractivity contribution in [3.63, 3.8) is 0 Å². The molecule has 2 rings (SSSR count). The van der Waals surface area contributed by atoms with Crippen LogP contribution in [-0.4, -0.2) is 34.6 Å². The largest absolute Gasteiger partial charge is 0.480 e. The molecule has 86 valence electrons. The van der Waals surface area contributed by atoms with Gasteiger partial charge in [-0.2, -0.15) is 0 Å². The van der Waals surface area contributed by atoms with Crippen LogP contribution in [0.5, 0.6) is 0 Å². The number of nitrogens with zero attached hydrogens (tertiary/aromatic N) is 1. The highest BCUT2D eigenvalue weighted by atomic mass is 16.4. The van der Waals surface area contributed by atoms with Crippen molar-refractivity contribution < 1.29 is 9.90 Å². The van der Waals surface area contributed by atoms with E-state index < -0.39 is 11.5 Å². The summed E-state index contributed by atoms with van der Waals surface area (Å²) in [5.74, 6) is 0.518. The maximum Gasteiger partial charge on any atom is 0.324 e. The van der Waals surface area contributed by atoms with E-state index in [-0.39, 0.29) is 0 Å². The molecule has 1 aliphatic carbocycles. The molecule has 0 amide bonds. The second-order valence-corrected chi connectivity index (χ2v) is 5.29. The molecule has 1 heterocycles. The van der Waals surface area contributed by atoms with Crippen molar-refractivity contribution in [1.29, 1.82) is 0 Å². The zero-order valence-electron chi connectivity index (χ0n) is 9.70. The average Bonchev–Trinajstić information content (AvgIpc) is 2.92. The van der Waals surface area contributed by atoms with Gasteiger partial charge in [0.25, 0.3) is 0 Å².